The first-order valence-corrected chi connectivity index (χ1v) is 8.57. The Balaban J connectivity index is 1.67. The van der Waals surface area contributed by atoms with Gasteiger partial charge in [0.15, 0.2) is 0 Å². The predicted molar refractivity (Wildman–Crippen MR) is 97.4 cm³/mol. The quantitative estimate of drug-likeness (QED) is 0.667. The fourth-order valence-electron chi connectivity index (χ4n) is 3.50. The Morgan fingerprint density at radius 3 is 2.56 bits per heavy atom. The molecule has 0 aliphatic carbocycles. The van der Waals surface area contributed by atoms with Crippen LogP contribution in [0.25, 0.3) is 0 Å². The van der Waals surface area contributed by atoms with Crippen LogP contribution < -0.4 is 14.5 Å². The van der Waals surface area contributed by atoms with Crippen molar-refractivity contribution in [1.82, 2.24) is 0 Å². The van der Waals surface area contributed by atoms with Crippen molar-refractivity contribution in [2.24, 2.45) is 0 Å². The number of nitro groups is 1. The number of nitrogens with one attached hydrogen (secondary N) is 1. The third-order valence-corrected chi connectivity index (χ3v) is 5.02. The van der Waals surface area contributed by atoms with Crippen molar-refractivity contribution in [3.05, 3.63) is 64.2 Å². The van der Waals surface area contributed by atoms with Gasteiger partial charge in [0, 0.05) is 17.7 Å². The van der Waals surface area contributed by atoms with Crippen LogP contribution in [0.4, 0.5) is 11.4 Å². The summed E-state index contributed by atoms with van der Waals surface area (Å²) in [5, 5.41) is 11.0. The number of nitrogens with zero attached hydrogens (tertiary/aromatic N) is 2. The zero-order valence-electron chi connectivity index (χ0n) is 14.6. The molecule has 1 aliphatic rings. The van der Waals surface area contributed by atoms with E-state index in [2.05, 4.69) is 17.9 Å². The molecular formula is C19H24N3O3+. The van der Waals surface area contributed by atoms with Crippen LogP contribution in [-0.4, -0.2) is 38.2 Å². The number of methoxy groups -OCH3 is 1. The van der Waals surface area contributed by atoms with Gasteiger partial charge in [-0.1, -0.05) is 24.3 Å². The molecule has 1 fully saturated rings. The summed E-state index contributed by atoms with van der Waals surface area (Å²) in [7, 11) is 1.70. The summed E-state index contributed by atoms with van der Waals surface area (Å²) in [5.74, 6) is 0.901. The fourth-order valence-corrected chi connectivity index (χ4v) is 3.50. The van der Waals surface area contributed by atoms with E-state index in [4.69, 9.17) is 4.74 Å². The van der Waals surface area contributed by atoms with Crippen LogP contribution in [0.3, 0.4) is 0 Å². The Morgan fingerprint density at radius 1 is 1.16 bits per heavy atom. The molecule has 0 saturated carbocycles. The Hall–Kier alpha value is -2.60. The average Bonchev–Trinajstić information content (AvgIpc) is 2.67. The van der Waals surface area contributed by atoms with E-state index in [0.717, 1.165) is 43.2 Å². The minimum Gasteiger partial charge on any atom is -0.495 e. The molecule has 0 radical (unpaired) electrons. The van der Waals surface area contributed by atoms with E-state index in [1.807, 2.05) is 24.3 Å². The molecule has 1 saturated heterocycles. The van der Waals surface area contributed by atoms with Crippen molar-refractivity contribution >= 4 is 11.4 Å². The van der Waals surface area contributed by atoms with Crippen molar-refractivity contribution in [2.45, 2.75) is 13.0 Å². The zero-order chi connectivity index (χ0) is 17.8. The van der Waals surface area contributed by atoms with Crippen molar-refractivity contribution in [3.63, 3.8) is 0 Å². The molecule has 0 bridgehead atoms. The van der Waals surface area contributed by atoms with Crippen LogP contribution in [0.15, 0.2) is 48.5 Å². The Bertz CT molecular complexity index is 742. The van der Waals surface area contributed by atoms with Gasteiger partial charge >= 0.3 is 0 Å². The van der Waals surface area contributed by atoms with Gasteiger partial charge in [-0.2, -0.15) is 0 Å². The number of non-ortho nitro benzene ring substituents is 1. The first-order valence-electron chi connectivity index (χ1n) is 8.57. The van der Waals surface area contributed by atoms with Gasteiger partial charge in [0.2, 0.25) is 0 Å². The molecule has 1 aliphatic heterocycles. The lowest BCUT2D eigenvalue weighted by Gasteiger charge is -2.37. The maximum Gasteiger partial charge on any atom is 0.269 e. The molecule has 132 valence electrons. The minimum absolute atomic E-state index is 0.163. The summed E-state index contributed by atoms with van der Waals surface area (Å²) in [6, 6.07) is 15.3. The van der Waals surface area contributed by atoms with E-state index in [1.165, 1.54) is 4.90 Å². The molecular weight excluding hydrogens is 318 g/mol. The average molecular weight is 342 g/mol. The highest BCUT2D eigenvalue weighted by atomic mass is 16.6. The van der Waals surface area contributed by atoms with Gasteiger partial charge in [-0.15, -0.1) is 0 Å². The van der Waals surface area contributed by atoms with Crippen molar-refractivity contribution in [2.75, 3.05) is 38.2 Å². The molecule has 2 aromatic rings. The standard InChI is InChI=1S/C19H23N3O3/c1-15(16-6-5-7-17(14-16)22(23)24)20-10-12-21(13-11-20)18-8-3-4-9-19(18)25-2/h3-9,14-15H,10-13H2,1-2H3/p+1/t15-/m0/s1. The summed E-state index contributed by atoms with van der Waals surface area (Å²) < 4.78 is 5.47. The van der Waals surface area contributed by atoms with Crippen LogP contribution in [-0.2, 0) is 0 Å². The number of hydrogen-bond acceptors (Lipinski definition) is 4. The van der Waals surface area contributed by atoms with E-state index < -0.39 is 0 Å². The maximum absolute atomic E-state index is 11.0. The number of piperazine rings is 1. The molecule has 0 amide bonds. The number of rotatable bonds is 5. The first kappa shape index (κ1) is 17.2. The van der Waals surface area contributed by atoms with Crippen LogP contribution in [0.1, 0.15) is 18.5 Å². The van der Waals surface area contributed by atoms with Gasteiger partial charge in [0.05, 0.1) is 43.9 Å². The number of benzene rings is 2. The number of quaternary nitrogens is 1. The van der Waals surface area contributed by atoms with Crippen LogP contribution >= 0.6 is 0 Å². The molecule has 1 N–H and O–H groups in total. The number of nitro benzene ring substituents is 1. The van der Waals surface area contributed by atoms with E-state index in [1.54, 1.807) is 25.3 Å². The minimum atomic E-state index is -0.328. The Kier molecular flexibility index (Phi) is 5.19. The fraction of sp³-hybridized carbons (Fsp3) is 0.368. The number of ether oxygens (including phenoxy) is 1. The lowest BCUT2D eigenvalue weighted by molar-refractivity contribution is -0.930. The molecule has 3 rings (SSSR count). The van der Waals surface area contributed by atoms with Gasteiger partial charge in [0.1, 0.15) is 11.8 Å². The molecule has 6 nitrogen and oxygen atoms in total. The van der Waals surface area contributed by atoms with Crippen LogP contribution in [0.2, 0.25) is 0 Å². The molecule has 0 aromatic heterocycles. The second-order valence-electron chi connectivity index (χ2n) is 6.39. The van der Waals surface area contributed by atoms with E-state index >= 15 is 0 Å². The Morgan fingerprint density at radius 2 is 1.88 bits per heavy atom. The molecule has 0 unspecified atom stereocenters. The number of hydrogen-bond donors (Lipinski definition) is 1. The van der Waals surface area contributed by atoms with E-state index in [0.29, 0.717) is 0 Å². The lowest BCUT2D eigenvalue weighted by Crippen LogP contribution is -3.14. The van der Waals surface area contributed by atoms with Gasteiger partial charge in [-0.25, -0.2) is 0 Å². The van der Waals surface area contributed by atoms with Gasteiger partial charge in [0.25, 0.3) is 5.69 Å². The van der Waals surface area contributed by atoms with Crippen molar-refractivity contribution < 1.29 is 14.6 Å². The van der Waals surface area contributed by atoms with Gasteiger partial charge in [-0.05, 0) is 19.1 Å². The highest BCUT2D eigenvalue weighted by Gasteiger charge is 2.27. The van der Waals surface area contributed by atoms with Crippen molar-refractivity contribution in [1.29, 1.82) is 0 Å². The molecule has 6 heteroatoms. The van der Waals surface area contributed by atoms with Gasteiger partial charge in [-0.3, -0.25) is 10.1 Å². The Labute approximate surface area is 147 Å². The first-order chi connectivity index (χ1) is 12.1. The SMILES string of the molecule is COc1ccccc1N1CC[NH+]([C@@H](C)c2cccc([N+](=O)[O-])c2)CC1. The maximum atomic E-state index is 11.0. The molecule has 25 heavy (non-hydrogen) atoms. The number of anilines is 1. The smallest absolute Gasteiger partial charge is 0.269 e. The highest BCUT2D eigenvalue weighted by Crippen LogP contribution is 2.27. The topological polar surface area (TPSA) is 60.0 Å². The lowest BCUT2D eigenvalue weighted by atomic mass is 10.1. The predicted octanol–water partition coefficient (Wildman–Crippen LogP) is 2.07. The molecule has 1 atom stereocenters. The molecule has 2 aromatic carbocycles. The second kappa shape index (κ2) is 7.53. The highest BCUT2D eigenvalue weighted by molar-refractivity contribution is 5.58. The van der Waals surface area contributed by atoms with E-state index in [-0.39, 0.29) is 16.7 Å². The normalized spacial score (nSPS) is 16.5. The summed E-state index contributed by atoms with van der Waals surface area (Å²) >= 11 is 0. The summed E-state index contributed by atoms with van der Waals surface area (Å²) in [6.45, 7) is 6.00. The molecule has 0 spiro atoms. The monoisotopic (exact) mass is 342 g/mol. The summed E-state index contributed by atoms with van der Waals surface area (Å²) in [6.07, 6.45) is 0. The van der Waals surface area contributed by atoms with Crippen LogP contribution in [0, 0.1) is 10.1 Å². The number of para-hydroxylation sites is 2. The van der Waals surface area contributed by atoms with Gasteiger partial charge < -0.3 is 14.5 Å². The third-order valence-electron chi connectivity index (χ3n) is 5.02. The summed E-state index contributed by atoms with van der Waals surface area (Å²) in [4.78, 5) is 14.5. The second-order valence-corrected chi connectivity index (χ2v) is 6.39. The third kappa shape index (κ3) is 3.74. The van der Waals surface area contributed by atoms with E-state index in [9.17, 15) is 10.1 Å². The summed E-state index contributed by atoms with van der Waals surface area (Å²) in [5.41, 5.74) is 2.32. The zero-order valence-corrected chi connectivity index (χ0v) is 14.6. The molecule has 1 heterocycles. The van der Waals surface area contributed by atoms with Crippen LogP contribution in [0.5, 0.6) is 5.75 Å². The van der Waals surface area contributed by atoms with Crippen molar-refractivity contribution in [3.8, 4) is 5.75 Å². The largest absolute Gasteiger partial charge is 0.495 e.